The normalized spacial score (nSPS) is 20.5. The predicted octanol–water partition coefficient (Wildman–Crippen LogP) is 2.84. The first-order valence-electron chi connectivity index (χ1n) is 3.45. The summed E-state index contributed by atoms with van der Waals surface area (Å²) >= 11 is 11.1. The van der Waals surface area contributed by atoms with Gasteiger partial charge in [0.15, 0.2) is 0 Å². The Bertz CT molecular complexity index is 398. The SMILES string of the molecule is CC1=Nc2cc(Cl)ccc2S1=S. The summed E-state index contributed by atoms with van der Waals surface area (Å²) in [6, 6.07) is 5.69. The molecule has 1 nitrogen and oxygen atoms in total. The maximum absolute atomic E-state index is 5.82. The molecular weight excluding hydrogens is 210 g/mol. The third-order valence-corrected chi connectivity index (χ3v) is 4.54. The van der Waals surface area contributed by atoms with Crippen molar-refractivity contribution in [3.8, 4) is 0 Å². The molecule has 0 bridgehead atoms. The van der Waals surface area contributed by atoms with Crippen LogP contribution in [0.4, 0.5) is 5.69 Å². The highest BCUT2D eigenvalue weighted by Crippen LogP contribution is 2.32. The molecule has 62 valence electrons. The second-order valence-corrected chi connectivity index (χ2v) is 5.52. The molecule has 4 heteroatoms. The molecule has 2 rings (SSSR count). The van der Waals surface area contributed by atoms with E-state index in [0.29, 0.717) is 0 Å². The summed E-state index contributed by atoms with van der Waals surface area (Å²) in [7, 11) is -0.226. The molecule has 1 atom stereocenters. The molecule has 0 saturated heterocycles. The number of hydrogen-bond donors (Lipinski definition) is 0. The van der Waals surface area contributed by atoms with Crippen molar-refractivity contribution in [2.24, 2.45) is 4.99 Å². The van der Waals surface area contributed by atoms with Crippen molar-refractivity contribution in [3.63, 3.8) is 0 Å². The number of aliphatic imine (C=N–C) groups is 1. The Morgan fingerprint density at radius 3 is 3.00 bits per heavy atom. The minimum absolute atomic E-state index is 0.226. The van der Waals surface area contributed by atoms with Gasteiger partial charge in [0.05, 0.1) is 10.7 Å². The van der Waals surface area contributed by atoms with Crippen molar-refractivity contribution in [1.29, 1.82) is 0 Å². The van der Waals surface area contributed by atoms with Crippen molar-refractivity contribution in [1.82, 2.24) is 0 Å². The average Bonchev–Trinajstić information content (AvgIpc) is 2.28. The molecule has 0 radical (unpaired) electrons. The van der Waals surface area contributed by atoms with E-state index in [1.54, 1.807) is 0 Å². The molecule has 1 aromatic rings. The number of benzene rings is 1. The Kier molecular flexibility index (Phi) is 2.02. The van der Waals surface area contributed by atoms with Gasteiger partial charge in [0, 0.05) is 9.92 Å². The van der Waals surface area contributed by atoms with Gasteiger partial charge in [-0.25, -0.2) is 4.99 Å². The van der Waals surface area contributed by atoms with Crippen molar-refractivity contribution in [2.75, 3.05) is 0 Å². The molecule has 0 N–H and O–H groups in total. The zero-order valence-corrected chi connectivity index (χ0v) is 8.76. The van der Waals surface area contributed by atoms with Gasteiger partial charge in [-0.1, -0.05) is 11.6 Å². The highest BCUT2D eigenvalue weighted by Gasteiger charge is 2.15. The van der Waals surface area contributed by atoms with E-state index in [0.717, 1.165) is 20.6 Å². The van der Waals surface area contributed by atoms with Crippen LogP contribution in [-0.2, 0) is 20.6 Å². The summed E-state index contributed by atoms with van der Waals surface area (Å²) in [5.41, 5.74) is 0.943. The van der Waals surface area contributed by atoms with Gasteiger partial charge in [0.1, 0.15) is 0 Å². The number of nitrogens with zero attached hydrogens (tertiary/aromatic N) is 1. The lowest BCUT2D eigenvalue weighted by Gasteiger charge is -1.97. The zero-order valence-electron chi connectivity index (χ0n) is 6.37. The molecule has 1 aromatic carbocycles. The van der Waals surface area contributed by atoms with Crippen molar-refractivity contribution < 1.29 is 0 Å². The first-order valence-corrected chi connectivity index (χ1v) is 5.98. The van der Waals surface area contributed by atoms with E-state index < -0.39 is 0 Å². The van der Waals surface area contributed by atoms with Gasteiger partial charge in [0.2, 0.25) is 0 Å². The van der Waals surface area contributed by atoms with Gasteiger partial charge < -0.3 is 0 Å². The molecule has 1 unspecified atom stereocenters. The van der Waals surface area contributed by atoms with Crippen molar-refractivity contribution in [3.05, 3.63) is 23.2 Å². The molecule has 1 aliphatic heterocycles. The molecule has 12 heavy (non-hydrogen) atoms. The molecule has 0 saturated carbocycles. The van der Waals surface area contributed by atoms with Crippen LogP contribution in [0, 0.1) is 0 Å². The zero-order chi connectivity index (χ0) is 8.72. The molecule has 0 aromatic heterocycles. The van der Waals surface area contributed by atoms with Gasteiger partial charge >= 0.3 is 0 Å². The predicted molar refractivity (Wildman–Crippen MR) is 57.2 cm³/mol. The molecule has 1 heterocycles. The van der Waals surface area contributed by atoms with Crippen LogP contribution in [0.25, 0.3) is 0 Å². The molecular formula is C8H6ClNS2. The molecule has 0 spiro atoms. The average molecular weight is 216 g/mol. The minimum Gasteiger partial charge on any atom is -0.245 e. The summed E-state index contributed by atoms with van der Waals surface area (Å²) in [5, 5.41) is 1.74. The molecule has 0 fully saturated rings. The third-order valence-electron chi connectivity index (χ3n) is 1.67. The fourth-order valence-corrected chi connectivity index (χ4v) is 2.79. The van der Waals surface area contributed by atoms with Gasteiger partial charge in [-0.3, -0.25) is 0 Å². The highest BCUT2D eigenvalue weighted by molar-refractivity contribution is 8.37. The molecule has 1 aliphatic rings. The maximum Gasteiger partial charge on any atom is 0.0797 e. The lowest BCUT2D eigenvalue weighted by molar-refractivity contribution is 1.40. The maximum atomic E-state index is 5.82. The molecule has 0 aliphatic carbocycles. The number of rotatable bonds is 0. The van der Waals surface area contributed by atoms with Crippen LogP contribution >= 0.6 is 11.6 Å². The van der Waals surface area contributed by atoms with Crippen molar-refractivity contribution >= 4 is 43.0 Å². The standard InChI is InChI=1S/C8H6ClNS2/c1-5-10-7-4-6(9)2-3-8(7)12(5)11/h2-4H,1H3. The first-order chi connectivity index (χ1) is 5.68. The Labute approximate surface area is 83.1 Å². The van der Waals surface area contributed by atoms with E-state index in [9.17, 15) is 0 Å². The number of halogens is 1. The van der Waals surface area contributed by atoms with Crippen LogP contribution in [-0.4, -0.2) is 5.04 Å². The topological polar surface area (TPSA) is 12.4 Å². The quantitative estimate of drug-likeness (QED) is 0.649. The van der Waals surface area contributed by atoms with Gasteiger partial charge in [-0.2, -0.15) is 0 Å². The number of fused-ring (bicyclic) bond motifs is 1. The summed E-state index contributed by atoms with van der Waals surface area (Å²) in [4.78, 5) is 5.47. The lowest BCUT2D eigenvalue weighted by atomic mass is 10.3. The first kappa shape index (κ1) is 8.35. The van der Waals surface area contributed by atoms with Gasteiger partial charge in [0.25, 0.3) is 0 Å². The van der Waals surface area contributed by atoms with E-state index in [-0.39, 0.29) is 9.45 Å². The summed E-state index contributed by atoms with van der Waals surface area (Å²) in [6.45, 7) is 1.96. The van der Waals surface area contributed by atoms with E-state index in [1.807, 2.05) is 25.1 Å². The van der Waals surface area contributed by atoms with Crippen LogP contribution in [0.1, 0.15) is 6.92 Å². The second kappa shape index (κ2) is 2.91. The monoisotopic (exact) mass is 215 g/mol. The Hall–Kier alpha value is -0.250. The second-order valence-electron chi connectivity index (χ2n) is 2.51. The van der Waals surface area contributed by atoms with Crippen LogP contribution < -0.4 is 0 Å². The third kappa shape index (κ3) is 1.22. The van der Waals surface area contributed by atoms with Crippen LogP contribution in [0.2, 0.25) is 5.02 Å². The van der Waals surface area contributed by atoms with E-state index in [4.69, 9.17) is 22.8 Å². The summed E-state index contributed by atoms with van der Waals surface area (Å²) in [6.07, 6.45) is 0. The Balaban J connectivity index is 2.65. The highest BCUT2D eigenvalue weighted by atomic mass is 35.5. The van der Waals surface area contributed by atoms with Crippen LogP contribution in [0.15, 0.2) is 28.1 Å². The van der Waals surface area contributed by atoms with Crippen LogP contribution in [0.5, 0.6) is 0 Å². The number of hydrogen-bond acceptors (Lipinski definition) is 2. The molecule has 0 amide bonds. The largest absolute Gasteiger partial charge is 0.245 e. The van der Waals surface area contributed by atoms with Crippen molar-refractivity contribution in [2.45, 2.75) is 11.8 Å². The fraction of sp³-hybridized carbons (Fsp3) is 0.125. The van der Waals surface area contributed by atoms with E-state index >= 15 is 0 Å². The minimum atomic E-state index is -0.226. The summed E-state index contributed by atoms with van der Waals surface area (Å²) in [5.74, 6) is 0. The van der Waals surface area contributed by atoms with E-state index in [1.165, 1.54) is 0 Å². The Morgan fingerprint density at radius 2 is 2.25 bits per heavy atom. The van der Waals surface area contributed by atoms with Crippen LogP contribution in [0.3, 0.4) is 0 Å². The van der Waals surface area contributed by atoms with Gasteiger partial charge in [-0.15, -0.1) is 0 Å². The van der Waals surface area contributed by atoms with E-state index in [2.05, 4.69) is 4.99 Å². The lowest BCUT2D eigenvalue weighted by Crippen LogP contribution is -1.93. The van der Waals surface area contributed by atoms with Gasteiger partial charge in [-0.05, 0) is 45.8 Å². The summed E-state index contributed by atoms with van der Waals surface area (Å²) < 4.78 is 0. The fourth-order valence-electron chi connectivity index (χ4n) is 1.10. The smallest absolute Gasteiger partial charge is 0.0797 e. The Morgan fingerprint density at radius 1 is 1.50 bits per heavy atom.